The van der Waals surface area contributed by atoms with Crippen molar-refractivity contribution in [2.75, 3.05) is 19.6 Å². The predicted molar refractivity (Wildman–Crippen MR) is 99.4 cm³/mol. The fourth-order valence-electron chi connectivity index (χ4n) is 3.79. The van der Waals surface area contributed by atoms with E-state index >= 15 is 0 Å². The van der Waals surface area contributed by atoms with Gasteiger partial charge in [-0.05, 0) is 48.4 Å². The number of hydrogen-bond donors (Lipinski definition) is 1. The molecule has 1 aliphatic heterocycles. The standard InChI is InChI=1S/C21H33NO2/c1-4-5-6-9-19(23)11-13-22-14-12-21(3,17(2)16-22)18-8-7-10-20(24)15-18/h7-8,10,15,17,24H,4-6,9,11-14,16H2,1-3H3. The van der Waals surface area contributed by atoms with Crippen molar-refractivity contribution >= 4 is 5.78 Å². The molecular weight excluding hydrogens is 298 g/mol. The number of phenolic OH excluding ortho intramolecular Hbond substituents is 1. The van der Waals surface area contributed by atoms with E-state index in [2.05, 4.69) is 31.7 Å². The van der Waals surface area contributed by atoms with E-state index in [-0.39, 0.29) is 5.41 Å². The zero-order chi connectivity index (χ0) is 17.6. The van der Waals surface area contributed by atoms with E-state index in [1.807, 2.05) is 12.1 Å². The zero-order valence-electron chi connectivity index (χ0n) is 15.6. The first kappa shape index (κ1) is 19.0. The van der Waals surface area contributed by atoms with Gasteiger partial charge < -0.3 is 10.0 Å². The van der Waals surface area contributed by atoms with Crippen LogP contribution in [-0.4, -0.2) is 35.4 Å². The third kappa shape index (κ3) is 4.83. The molecule has 0 saturated carbocycles. The van der Waals surface area contributed by atoms with Gasteiger partial charge in [0.15, 0.2) is 0 Å². The maximum atomic E-state index is 12.0. The Kier molecular flexibility index (Phi) is 6.85. The molecule has 3 heteroatoms. The maximum Gasteiger partial charge on any atom is 0.134 e. The van der Waals surface area contributed by atoms with E-state index in [0.29, 0.717) is 23.9 Å². The van der Waals surface area contributed by atoms with E-state index in [0.717, 1.165) is 45.3 Å². The highest BCUT2D eigenvalue weighted by Crippen LogP contribution is 2.40. The highest BCUT2D eigenvalue weighted by molar-refractivity contribution is 5.78. The SMILES string of the molecule is CCCCCC(=O)CCN1CCC(C)(c2cccc(O)c2)C(C)C1. The number of benzene rings is 1. The highest BCUT2D eigenvalue weighted by atomic mass is 16.3. The molecule has 1 saturated heterocycles. The van der Waals surface area contributed by atoms with Crippen molar-refractivity contribution < 1.29 is 9.90 Å². The molecule has 0 bridgehead atoms. The minimum Gasteiger partial charge on any atom is -0.508 e. The van der Waals surface area contributed by atoms with E-state index < -0.39 is 0 Å². The number of piperidine rings is 1. The van der Waals surface area contributed by atoms with Gasteiger partial charge in [-0.1, -0.05) is 45.7 Å². The smallest absolute Gasteiger partial charge is 0.134 e. The lowest BCUT2D eigenvalue weighted by molar-refractivity contribution is -0.119. The van der Waals surface area contributed by atoms with Gasteiger partial charge in [-0.25, -0.2) is 0 Å². The third-order valence-electron chi connectivity index (χ3n) is 5.84. The minimum atomic E-state index is 0.0976. The van der Waals surface area contributed by atoms with Crippen LogP contribution in [0.1, 0.15) is 64.9 Å². The second-order valence-corrected chi connectivity index (χ2v) is 7.67. The molecule has 2 rings (SSSR count). The number of unbranched alkanes of at least 4 members (excludes halogenated alkanes) is 2. The quantitative estimate of drug-likeness (QED) is 0.711. The van der Waals surface area contributed by atoms with Gasteiger partial charge >= 0.3 is 0 Å². The molecule has 2 atom stereocenters. The number of Topliss-reactive ketones (excluding diaryl/α,β-unsaturated/α-hetero) is 1. The third-order valence-corrected chi connectivity index (χ3v) is 5.84. The number of nitrogens with zero attached hydrogens (tertiary/aromatic N) is 1. The summed E-state index contributed by atoms with van der Waals surface area (Å²) in [5.41, 5.74) is 1.32. The van der Waals surface area contributed by atoms with Crippen LogP contribution in [0.4, 0.5) is 0 Å². The number of carbonyl (C=O) groups is 1. The van der Waals surface area contributed by atoms with Crippen molar-refractivity contribution in [1.29, 1.82) is 0 Å². The average molecular weight is 332 g/mol. The van der Waals surface area contributed by atoms with Gasteiger partial charge in [0.1, 0.15) is 11.5 Å². The first-order valence-electron chi connectivity index (χ1n) is 9.49. The van der Waals surface area contributed by atoms with Crippen molar-refractivity contribution in [2.24, 2.45) is 5.92 Å². The molecule has 3 nitrogen and oxygen atoms in total. The van der Waals surface area contributed by atoms with Crippen LogP contribution in [0.5, 0.6) is 5.75 Å². The Morgan fingerprint density at radius 1 is 1.33 bits per heavy atom. The summed E-state index contributed by atoms with van der Waals surface area (Å²) >= 11 is 0. The zero-order valence-corrected chi connectivity index (χ0v) is 15.6. The number of ketones is 1. The Labute approximate surface area is 147 Å². The molecule has 0 amide bonds. The summed E-state index contributed by atoms with van der Waals surface area (Å²) in [6.45, 7) is 9.71. The van der Waals surface area contributed by atoms with Crippen molar-refractivity contribution in [3.8, 4) is 5.75 Å². The number of likely N-dealkylation sites (tertiary alicyclic amines) is 1. The summed E-state index contributed by atoms with van der Waals surface area (Å²) in [6, 6.07) is 7.70. The molecule has 0 spiro atoms. The molecule has 1 aromatic carbocycles. The maximum absolute atomic E-state index is 12.0. The number of carbonyl (C=O) groups excluding carboxylic acids is 1. The number of rotatable bonds is 8. The Balaban J connectivity index is 1.85. The van der Waals surface area contributed by atoms with Crippen LogP contribution in [0.2, 0.25) is 0 Å². The number of phenols is 1. The molecule has 1 fully saturated rings. The van der Waals surface area contributed by atoms with E-state index in [1.54, 1.807) is 6.07 Å². The van der Waals surface area contributed by atoms with Gasteiger partial charge in [0.25, 0.3) is 0 Å². The van der Waals surface area contributed by atoms with Gasteiger partial charge in [-0.2, -0.15) is 0 Å². The molecule has 134 valence electrons. The summed E-state index contributed by atoms with van der Waals surface area (Å²) < 4.78 is 0. The van der Waals surface area contributed by atoms with Crippen LogP contribution in [0.25, 0.3) is 0 Å². The number of aromatic hydroxyl groups is 1. The fraction of sp³-hybridized carbons (Fsp3) is 0.667. The van der Waals surface area contributed by atoms with Gasteiger partial charge in [0, 0.05) is 25.9 Å². The van der Waals surface area contributed by atoms with E-state index in [9.17, 15) is 9.90 Å². The summed E-state index contributed by atoms with van der Waals surface area (Å²) in [5.74, 6) is 1.27. The summed E-state index contributed by atoms with van der Waals surface area (Å²) in [4.78, 5) is 14.4. The van der Waals surface area contributed by atoms with Crippen LogP contribution >= 0.6 is 0 Å². The van der Waals surface area contributed by atoms with Crippen LogP contribution in [0.15, 0.2) is 24.3 Å². The van der Waals surface area contributed by atoms with Crippen LogP contribution in [0, 0.1) is 5.92 Å². The Morgan fingerprint density at radius 3 is 2.79 bits per heavy atom. The summed E-state index contributed by atoms with van der Waals surface area (Å²) in [6.07, 6.45) is 5.89. The lowest BCUT2D eigenvalue weighted by Crippen LogP contribution is -2.47. The molecule has 1 heterocycles. The Hall–Kier alpha value is -1.35. The second kappa shape index (κ2) is 8.66. The molecule has 2 unspecified atom stereocenters. The van der Waals surface area contributed by atoms with Gasteiger partial charge in [-0.15, -0.1) is 0 Å². The number of hydrogen-bond acceptors (Lipinski definition) is 3. The fourth-order valence-corrected chi connectivity index (χ4v) is 3.79. The van der Waals surface area contributed by atoms with Crippen molar-refractivity contribution in [3.05, 3.63) is 29.8 Å². The highest BCUT2D eigenvalue weighted by Gasteiger charge is 2.37. The van der Waals surface area contributed by atoms with E-state index in [4.69, 9.17) is 0 Å². The van der Waals surface area contributed by atoms with Gasteiger partial charge in [-0.3, -0.25) is 4.79 Å². The lowest BCUT2D eigenvalue weighted by atomic mass is 9.68. The first-order chi connectivity index (χ1) is 11.5. The van der Waals surface area contributed by atoms with Gasteiger partial charge in [0.2, 0.25) is 0 Å². The topological polar surface area (TPSA) is 40.5 Å². The molecule has 1 N–H and O–H groups in total. The Morgan fingerprint density at radius 2 is 2.12 bits per heavy atom. The molecule has 24 heavy (non-hydrogen) atoms. The molecular formula is C21H33NO2. The van der Waals surface area contributed by atoms with Crippen LogP contribution in [-0.2, 0) is 10.2 Å². The van der Waals surface area contributed by atoms with Gasteiger partial charge in [0.05, 0.1) is 0 Å². The minimum absolute atomic E-state index is 0.0976. The molecule has 0 radical (unpaired) electrons. The molecule has 0 aromatic heterocycles. The molecule has 1 aliphatic rings. The van der Waals surface area contributed by atoms with Crippen molar-refractivity contribution in [1.82, 2.24) is 4.90 Å². The van der Waals surface area contributed by atoms with Crippen LogP contribution < -0.4 is 0 Å². The van der Waals surface area contributed by atoms with Crippen molar-refractivity contribution in [3.63, 3.8) is 0 Å². The predicted octanol–water partition coefficient (Wildman–Crippen LogP) is 4.53. The first-order valence-corrected chi connectivity index (χ1v) is 9.49. The monoisotopic (exact) mass is 331 g/mol. The molecule has 0 aliphatic carbocycles. The van der Waals surface area contributed by atoms with Crippen molar-refractivity contribution in [2.45, 2.75) is 64.7 Å². The lowest BCUT2D eigenvalue weighted by Gasteiger charge is -2.45. The normalized spacial score (nSPS) is 24.9. The summed E-state index contributed by atoms with van der Waals surface area (Å²) in [7, 11) is 0. The van der Waals surface area contributed by atoms with E-state index in [1.165, 1.54) is 12.0 Å². The second-order valence-electron chi connectivity index (χ2n) is 7.67. The summed E-state index contributed by atoms with van der Waals surface area (Å²) in [5, 5.41) is 9.78. The molecule has 1 aromatic rings. The van der Waals surface area contributed by atoms with Crippen LogP contribution in [0.3, 0.4) is 0 Å². The average Bonchev–Trinajstić information content (AvgIpc) is 2.56. The largest absolute Gasteiger partial charge is 0.508 e. The Bertz CT molecular complexity index is 542.